The number of benzene rings is 1. The van der Waals surface area contributed by atoms with E-state index in [2.05, 4.69) is 33.7 Å². The van der Waals surface area contributed by atoms with Crippen molar-refractivity contribution in [3.63, 3.8) is 0 Å². The second-order valence-electron chi connectivity index (χ2n) is 7.26. The fourth-order valence-corrected chi connectivity index (χ4v) is 5.22. The zero-order valence-electron chi connectivity index (χ0n) is 13.6. The van der Waals surface area contributed by atoms with Gasteiger partial charge in [-0.05, 0) is 49.8 Å². The van der Waals surface area contributed by atoms with Gasteiger partial charge < -0.3 is 19.2 Å². The van der Waals surface area contributed by atoms with E-state index in [1.165, 1.54) is 41.5 Å². The molecule has 0 aliphatic carbocycles. The van der Waals surface area contributed by atoms with Gasteiger partial charge in [-0.3, -0.25) is 4.90 Å². The molecule has 5 nitrogen and oxygen atoms in total. The molecule has 5 heteroatoms. The standard InChI is InChI=1S/C19H22N2O3/c22-17(23)11-24-16-10-12-4-3-8-20-9-7-14-13-5-1-2-6-15(13)21(16)19(14)18(12)20/h1-2,5-6,12,16,18H,3-4,7-11H2,(H,22,23)/p-1/t12-,16?,18+/m0/s1. The summed E-state index contributed by atoms with van der Waals surface area (Å²) in [6, 6.07) is 8.94. The minimum Gasteiger partial charge on any atom is -0.548 e. The molecule has 3 aliphatic rings. The van der Waals surface area contributed by atoms with Crippen molar-refractivity contribution in [3.05, 3.63) is 35.5 Å². The molecule has 0 N–H and O–H groups in total. The fraction of sp³-hybridized carbons (Fsp3) is 0.526. The summed E-state index contributed by atoms with van der Waals surface area (Å²) in [5.74, 6) is -0.589. The van der Waals surface area contributed by atoms with Crippen LogP contribution < -0.4 is 5.11 Å². The fourth-order valence-electron chi connectivity index (χ4n) is 5.22. The molecular weight excluding hydrogens is 304 g/mol. The van der Waals surface area contributed by atoms with E-state index in [0.29, 0.717) is 12.0 Å². The minimum absolute atomic E-state index is 0.198. The Morgan fingerprint density at radius 3 is 3.04 bits per heavy atom. The Balaban J connectivity index is 1.70. The van der Waals surface area contributed by atoms with Crippen LogP contribution in [0.15, 0.2) is 24.3 Å². The van der Waals surface area contributed by atoms with Crippen LogP contribution in [-0.4, -0.2) is 35.1 Å². The molecule has 0 bridgehead atoms. The lowest BCUT2D eigenvalue weighted by Gasteiger charge is -2.49. The van der Waals surface area contributed by atoms with E-state index in [1.54, 1.807) is 0 Å². The molecule has 24 heavy (non-hydrogen) atoms. The molecule has 0 radical (unpaired) electrons. The van der Waals surface area contributed by atoms with Crippen LogP contribution in [0.2, 0.25) is 0 Å². The maximum Gasteiger partial charge on any atom is 0.135 e. The molecule has 3 atom stereocenters. The highest BCUT2D eigenvalue weighted by Crippen LogP contribution is 2.51. The van der Waals surface area contributed by atoms with Crippen LogP contribution in [0.5, 0.6) is 0 Å². The summed E-state index contributed by atoms with van der Waals surface area (Å²) >= 11 is 0. The highest BCUT2D eigenvalue weighted by Gasteiger charge is 2.45. The van der Waals surface area contributed by atoms with E-state index in [-0.39, 0.29) is 12.8 Å². The molecule has 4 heterocycles. The summed E-state index contributed by atoms with van der Waals surface area (Å²) in [5, 5.41) is 12.2. The van der Waals surface area contributed by atoms with Crippen molar-refractivity contribution in [2.75, 3.05) is 19.7 Å². The Hall–Kier alpha value is -1.85. The van der Waals surface area contributed by atoms with Crippen LogP contribution in [0.3, 0.4) is 0 Å². The Labute approximate surface area is 140 Å². The van der Waals surface area contributed by atoms with Crippen molar-refractivity contribution < 1.29 is 14.6 Å². The van der Waals surface area contributed by atoms with Crippen LogP contribution in [0.4, 0.5) is 0 Å². The van der Waals surface area contributed by atoms with E-state index >= 15 is 0 Å². The normalized spacial score (nSPS) is 28.8. The predicted octanol–water partition coefficient (Wildman–Crippen LogP) is 1.62. The van der Waals surface area contributed by atoms with Crippen LogP contribution in [0.1, 0.15) is 42.8 Å². The van der Waals surface area contributed by atoms with Crippen molar-refractivity contribution in [2.45, 2.75) is 38.0 Å². The van der Waals surface area contributed by atoms with Crippen LogP contribution in [-0.2, 0) is 16.0 Å². The Kier molecular flexibility index (Phi) is 3.22. The van der Waals surface area contributed by atoms with Gasteiger partial charge in [0.1, 0.15) is 6.23 Å². The highest BCUT2D eigenvalue weighted by atomic mass is 16.5. The number of aliphatic carboxylic acids is 1. The van der Waals surface area contributed by atoms with Crippen molar-refractivity contribution in [1.29, 1.82) is 0 Å². The number of carbonyl (C=O) groups is 1. The third-order valence-corrected chi connectivity index (χ3v) is 6.03. The number of fused-ring (bicyclic) bond motifs is 3. The molecule has 1 aromatic heterocycles. The number of para-hydroxylation sites is 1. The van der Waals surface area contributed by atoms with E-state index in [9.17, 15) is 9.90 Å². The molecule has 126 valence electrons. The average Bonchev–Trinajstić information content (AvgIpc) is 2.94. The maximum atomic E-state index is 10.9. The highest BCUT2D eigenvalue weighted by molar-refractivity contribution is 5.86. The van der Waals surface area contributed by atoms with Gasteiger partial charge in [-0.2, -0.15) is 0 Å². The van der Waals surface area contributed by atoms with Gasteiger partial charge in [0.25, 0.3) is 0 Å². The number of carboxylic acid groups (broad SMARTS) is 1. The van der Waals surface area contributed by atoms with Crippen LogP contribution >= 0.6 is 0 Å². The van der Waals surface area contributed by atoms with Crippen molar-refractivity contribution in [3.8, 4) is 0 Å². The average molecular weight is 325 g/mol. The second kappa shape index (κ2) is 5.33. The summed E-state index contributed by atoms with van der Waals surface area (Å²) in [4.78, 5) is 13.5. The summed E-state index contributed by atoms with van der Waals surface area (Å²) in [7, 11) is 0. The maximum absolute atomic E-state index is 10.9. The van der Waals surface area contributed by atoms with Gasteiger partial charge in [-0.25, -0.2) is 0 Å². The van der Waals surface area contributed by atoms with Crippen molar-refractivity contribution in [1.82, 2.24) is 9.47 Å². The third kappa shape index (κ3) is 1.98. The molecule has 0 saturated carbocycles. The SMILES string of the molecule is O=C([O-])COC1C[C@@H]2CCCN3CCc4c(n1c1ccccc41)[C@@H]23. The molecule has 0 amide bonds. The second-order valence-corrected chi connectivity index (χ2v) is 7.26. The van der Waals surface area contributed by atoms with Crippen molar-refractivity contribution in [2.24, 2.45) is 5.92 Å². The first-order valence-electron chi connectivity index (χ1n) is 8.91. The predicted molar refractivity (Wildman–Crippen MR) is 87.3 cm³/mol. The summed E-state index contributed by atoms with van der Waals surface area (Å²) in [6.45, 7) is 1.96. The Bertz CT molecular complexity index is 812. The Morgan fingerprint density at radius 1 is 1.29 bits per heavy atom. The van der Waals surface area contributed by atoms with Crippen molar-refractivity contribution >= 4 is 16.9 Å². The number of hydrogen-bond acceptors (Lipinski definition) is 4. The van der Waals surface area contributed by atoms with Gasteiger partial charge in [0.15, 0.2) is 0 Å². The van der Waals surface area contributed by atoms with Gasteiger partial charge in [-0.1, -0.05) is 18.2 Å². The van der Waals surface area contributed by atoms with E-state index in [1.807, 2.05) is 0 Å². The number of rotatable bonds is 3. The molecule has 1 saturated heterocycles. The molecule has 1 aromatic carbocycles. The first-order valence-corrected chi connectivity index (χ1v) is 8.91. The largest absolute Gasteiger partial charge is 0.548 e. The van der Waals surface area contributed by atoms with Crippen LogP contribution in [0, 0.1) is 5.92 Å². The molecule has 1 fully saturated rings. The number of nitrogens with zero attached hydrogens (tertiary/aromatic N) is 2. The number of piperidine rings is 1. The summed E-state index contributed by atoms with van der Waals surface area (Å²) in [6.07, 6.45) is 4.19. The lowest BCUT2D eigenvalue weighted by atomic mass is 9.78. The molecule has 0 spiro atoms. The van der Waals surface area contributed by atoms with Gasteiger partial charge in [-0.15, -0.1) is 0 Å². The lowest BCUT2D eigenvalue weighted by molar-refractivity contribution is -0.311. The first kappa shape index (κ1) is 14.5. The lowest BCUT2D eigenvalue weighted by Crippen LogP contribution is -2.47. The van der Waals surface area contributed by atoms with Gasteiger partial charge in [0, 0.05) is 17.6 Å². The monoisotopic (exact) mass is 325 g/mol. The molecule has 5 rings (SSSR count). The number of hydrogen-bond donors (Lipinski definition) is 0. The van der Waals surface area contributed by atoms with E-state index < -0.39 is 5.97 Å². The smallest absolute Gasteiger partial charge is 0.135 e. The number of ether oxygens (including phenoxy) is 1. The summed E-state index contributed by atoms with van der Waals surface area (Å²) in [5.41, 5.74) is 4.00. The molecular formula is C19H21N2O3-. The van der Waals surface area contributed by atoms with Gasteiger partial charge in [0.05, 0.1) is 24.1 Å². The topological polar surface area (TPSA) is 57.5 Å². The summed E-state index contributed by atoms with van der Waals surface area (Å²) < 4.78 is 8.07. The van der Waals surface area contributed by atoms with E-state index in [4.69, 9.17) is 4.74 Å². The number of carbonyl (C=O) groups excluding carboxylic acids is 1. The first-order chi connectivity index (χ1) is 11.7. The van der Waals surface area contributed by atoms with E-state index in [0.717, 1.165) is 19.4 Å². The third-order valence-electron chi connectivity index (χ3n) is 6.03. The molecule has 2 aromatic rings. The molecule has 3 aliphatic heterocycles. The quantitative estimate of drug-likeness (QED) is 0.860. The minimum atomic E-state index is -1.15. The zero-order valence-corrected chi connectivity index (χ0v) is 13.6. The number of carboxylic acids is 1. The van der Waals surface area contributed by atoms with Gasteiger partial charge >= 0.3 is 0 Å². The van der Waals surface area contributed by atoms with Crippen LogP contribution in [0.25, 0.3) is 10.9 Å². The van der Waals surface area contributed by atoms with Gasteiger partial charge in [0.2, 0.25) is 0 Å². The molecule has 1 unspecified atom stereocenters. The Morgan fingerprint density at radius 2 is 2.17 bits per heavy atom. The zero-order chi connectivity index (χ0) is 16.3. The number of aromatic nitrogens is 1.